The van der Waals surface area contributed by atoms with Crippen molar-refractivity contribution in [3.05, 3.63) is 36.0 Å². The van der Waals surface area contributed by atoms with Gasteiger partial charge in [-0.1, -0.05) is 18.2 Å². The Labute approximate surface area is 261 Å². The van der Waals surface area contributed by atoms with E-state index in [0.717, 1.165) is 10.9 Å². The number of para-hydroxylation sites is 1. The van der Waals surface area contributed by atoms with Crippen LogP contribution in [0.15, 0.2) is 30.5 Å². The third kappa shape index (κ3) is 13.1. The molecule has 0 saturated heterocycles. The molecule has 1 aromatic heterocycles. The third-order valence-corrected chi connectivity index (χ3v) is 6.12. The van der Waals surface area contributed by atoms with E-state index in [-0.39, 0.29) is 25.8 Å². The number of amides is 5. The Morgan fingerprint density at radius 3 is 2.02 bits per heavy atom. The van der Waals surface area contributed by atoms with E-state index < -0.39 is 71.6 Å². The quantitative estimate of drug-likeness (QED) is 0.150. The zero-order valence-corrected chi connectivity index (χ0v) is 26.4. The smallest absolute Gasteiger partial charge is 0.408 e. The summed E-state index contributed by atoms with van der Waals surface area (Å²) >= 11 is 0. The second-order valence-electron chi connectivity index (χ2n) is 12.5. The predicted octanol–water partition coefficient (Wildman–Crippen LogP) is 1.84. The molecular weight excluding hydrogens is 588 g/mol. The van der Waals surface area contributed by atoms with Crippen molar-refractivity contribution in [1.82, 2.24) is 26.3 Å². The van der Waals surface area contributed by atoms with Crippen molar-refractivity contribution in [1.29, 1.82) is 0 Å². The van der Waals surface area contributed by atoms with Crippen LogP contribution in [0.5, 0.6) is 0 Å². The number of H-pyrrole nitrogens is 1. The summed E-state index contributed by atoms with van der Waals surface area (Å²) in [5, 5.41) is 19.9. The van der Waals surface area contributed by atoms with Crippen LogP contribution in [0.2, 0.25) is 0 Å². The number of benzene rings is 1. The van der Waals surface area contributed by atoms with Gasteiger partial charge in [-0.3, -0.25) is 19.2 Å². The van der Waals surface area contributed by atoms with E-state index in [1.165, 1.54) is 0 Å². The number of aromatic nitrogens is 1. The zero-order chi connectivity index (χ0) is 33.9. The lowest BCUT2D eigenvalue weighted by molar-refractivity contribution is -0.140. The van der Waals surface area contributed by atoms with E-state index in [4.69, 9.17) is 20.3 Å². The van der Waals surface area contributed by atoms with Crippen molar-refractivity contribution in [2.24, 2.45) is 5.73 Å². The fourth-order valence-electron chi connectivity index (χ4n) is 4.20. The van der Waals surface area contributed by atoms with Gasteiger partial charge in [-0.05, 0) is 66.0 Å². The number of alkyl carbamates (subject to hydrolysis) is 2. The van der Waals surface area contributed by atoms with Gasteiger partial charge in [0, 0.05) is 30.1 Å². The van der Waals surface area contributed by atoms with Crippen LogP contribution >= 0.6 is 0 Å². The standard InChI is InChI=1S/C30H44N6O9/c1-29(2,3)44-27(42)32-13-9-12-20(25(40)35-21(24(31)39)15-23(37)38)34-26(41)22(36-28(43)45-30(4,5)6)14-17-16-33-19-11-8-7-10-18(17)19/h7-8,10-11,16,20-22,33H,9,12-15H2,1-6H3,(H2,31,39)(H,32,42)(H,34,41)(H,35,40)(H,36,43)(H,37,38)/t20-,21-,22-/m0/s1. The second-order valence-corrected chi connectivity index (χ2v) is 12.5. The molecule has 5 amide bonds. The number of carbonyl (C=O) groups is 6. The Morgan fingerprint density at radius 1 is 0.844 bits per heavy atom. The third-order valence-electron chi connectivity index (χ3n) is 6.12. The van der Waals surface area contributed by atoms with Crippen LogP contribution in [0, 0.1) is 0 Å². The van der Waals surface area contributed by atoms with Crippen molar-refractivity contribution in [3.8, 4) is 0 Å². The van der Waals surface area contributed by atoms with Gasteiger partial charge in [-0.2, -0.15) is 0 Å². The Kier molecular flexibility index (Phi) is 12.7. The summed E-state index contributed by atoms with van der Waals surface area (Å²) in [5.74, 6) is -4.08. The van der Waals surface area contributed by atoms with E-state index in [2.05, 4.69) is 26.3 Å². The second kappa shape index (κ2) is 15.8. The number of hydrogen-bond donors (Lipinski definition) is 7. The molecule has 0 aliphatic carbocycles. The van der Waals surface area contributed by atoms with Crippen molar-refractivity contribution in [2.45, 2.75) is 96.6 Å². The monoisotopic (exact) mass is 632 g/mol. The molecule has 0 fully saturated rings. The van der Waals surface area contributed by atoms with Gasteiger partial charge < -0.3 is 46.6 Å². The first-order valence-corrected chi connectivity index (χ1v) is 14.5. The van der Waals surface area contributed by atoms with Gasteiger partial charge >= 0.3 is 18.2 Å². The number of carbonyl (C=O) groups excluding carboxylic acids is 5. The molecule has 0 aliphatic rings. The first-order chi connectivity index (χ1) is 20.8. The zero-order valence-electron chi connectivity index (χ0n) is 26.4. The number of nitrogens with one attached hydrogen (secondary N) is 5. The summed E-state index contributed by atoms with van der Waals surface area (Å²) in [6.45, 7) is 10.2. The molecule has 0 bridgehead atoms. The maximum Gasteiger partial charge on any atom is 0.408 e. The molecule has 1 aromatic carbocycles. The Morgan fingerprint density at radius 2 is 1.42 bits per heavy atom. The summed E-state index contributed by atoms with van der Waals surface area (Å²) in [4.78, 5) is 77.8. The van der Waals surface area contributed by atoms with E-state index in [0.29, 0.717) is 5.56 Å². The normalized spacial score (nSPS) is 13.6. The Bertz CT molecular complexity index is 1380. The first-order valence-electron chi connectivity index (χ1n) is 14.5. The van der Waals surface area contributed by atoms with Gasteiger partial charge in [0.2, 0.25) is 17.7 Å². The SMILES string of the molecule is CC(C)(C)OC(=O)NCCC[C@H](NC(=O)[C@H](Cc1c[nH]c2ccccc12)NC(=O)OC(C)(C)C)C(=O)N[C@@H](CC(=O)O)C(N)=O. The average molecular weight is 633 g/mol. The number of ether oxygens (including phenoxy) is 2. The fourth-order valence-corrected chi connectivity index (χ4v) is 4.20. The van der Waals surface area contributed by atoms with Crippen LogP contribution in [0.25, 0.3) is 10.9 Å². The molecule has 45 heavy (non-hydrogen) atoms. The number of carboxylic acids is 1. The highest BCUT2D eigenvalue weighted by atomic mass is 16.6. The Balaban J connectivity index is 2.29. The van der Waals surface area contributed by atoms with E-state index in [1.54, 1.807) is 47.7 Å². The van der Waals surface area contributed by atoms with Crippen LogP contribution < -0.4 is 27.0 Å². The van der Waals surface area contributed by atoms with Gasteiger partial charge in [0.25, 0.3) is 0 Å². The molecule has 0 aliphatic heterocycles. The summed E-state index contributed by atoms with van der Waals surface area (Å²) in [7, 11) is 0. The van der Waals surface area contributed by atoms with Crippen LogP contribution in [0.1, 0.15) is 66.4 Å². The van der Waals surface area contributed by atoms with Crippen LogP contribution in [-0.2, 0) is 35.1 Å². The molecule has 15 nitrogen and oxygen atoms in total. The largest absolute Gasteiger partial charge is 0.481 e. The first kappa shape index (κ1) is 36.4. The number of fused-ring (bicyclic) bond motifs is 1. The number of aromatic amines is 1. The van der Waals surface area contributed by atoms with Crippen LogP contribution in [-0.4, -0.2) is 81.8 Å². The minimum Gasteiger partial charge on any atom is -0.481 e. The molecule has 248 valence electrons. The highest BCUT2D eigenvalue weighted by molar-refractivity contribution is 5.95. The Hall–Kier alpha value is -4.82. The number of nitrogens with two attached hydrogens (primary N) is 1. The highest BCUT2D eigenvalue weighted by Crippen LogP contribution is 2.20. The number of carboxylic acid groups (broad SMARTS) is 1. The average Bonchev–Trinajstić information content (AvgIpc) is 3.29. The summed E-state index contributed by atoms with van der Waals surface area (Å²) in [6.07, 6.45) is -0.457. The maximum absolute atomic E-state index is 13.7. The lowest BCUT2D eigenvalue weighted by Crippen LogP contribution is -2.57. The summed E-state index contributed by atoms with van der Waals surface area (Å²) in [6, 6.07) is 3.32. The summed E-state index contributed by atoms with van der Waals surface area (Å²) < 4.78 is 10.5. The molecule has 0 radical (unpaired) electrons. The number of rotatable bonds is 14. The fraction of sp³-hybridized carbons (Fsp3) is 0.533. The molecule has 15 heteroatoms. The maximum atomic E-state index is 13.7. The van der Waals surface area contributed by atoms with E-state index in [9.17, 15) is 28.8 Å². The van der Waals surface area contributed by atoms with Crippen molar-refractivity contribution in [3.63, 3.8) is 0 Å². The lowest BCUT2D eigenvalue weighted by atomic mass is 10.0. The molecule has 3 atom stereocenters. The minimum absolute atomic E-state index is 0.0204. The topological polar surface area (TPSA) is 231 Å². The predicted molar refractivity (Wildman–Crippen MR) is 164 cm³/mol. The molecular formula is C30H44N6O9. The molecule has 0 unspecified atom stereocenters. The van der Waals surface area contributed by atoms with Gasteiger partial charge in [-0.25, -0.2) is 9.59 Å². The van der Waals surface area contributed by atoms with Gasteiger partial charge in [0.15, 0.2) is 0 Å². The van der Waals surface area contributed by atoms with Gasteiger partial charge in [0.05, 0.1) is 6.42 Å². The molecule has 0 saturated carbocycles. The van der Waals surface area contributed by atoms with Gasteiger partial charge in [-0.15, -0.1) is 0 Å². The van der Waals surface area contributed by atoms with E-state index >= 15 is 0 Å². The minimum atomic E-state index is -1.55. The lowest BCUT2D eigenvalue weighted by Gasteiger charge is -2.26. The molecule has 2 rings (SSSR count). The van der Waals surface area contributed by atoms with Crippen molar-refractivity contribution < 1.29 is 43.3 Å². The number of primary amides is 1. The molecule has 1 heterocycles. The molecule has 0 spiro atoms. The molecule has 8 N–H and O–H groups in total. The number of hydrogen-bond acceptors (Lipinski definition) is 8. The molecule has 2 aromatic rings. The van der Waals surface area contributed by atoms with Crippen LogP contribution in [0.3, 0.4) is 0 Å². The van der Waals surface area contributed by atoms with Crippen molar-refractivity contribution in [2.75, 3.05) is 6.54 Å². The van der Waals surface area contributed by atoms with Gasteiger partial charge in [0.1, 0.15) is 29.3 Å². The highest BCUT2D eigenvalue weighted by Gasteiger charge is 2.31. The van der Waals surface area contributed by atoms with E-state index in [1.807, 2.05) is 24.3 Å². The van der Waals surface area contributed by atoms with Crippen molar-refractivity contribution >= 4 is 46.8 Å². The summed E-state index contributed by atoms with van der Waals surface area (Å²) in [5.41, 5.74) is 5.22. The van der Waals surface area contributed by atoms with Crippen LogP contribution in [0.4, 0.5) is 9.59 Å². The number of aliphatic carboxylic acids is 1.